The first-order chi connectivity index (χ1) is 15.2. The lowest BCUT2D eigenvalue weighted by Crippen LogP contribution is -2.65. The second kappa shape index (κ2) is 8.23. The maximum absolute atomic E-state index is 13.1. The summed E-state index contributed by atoms with van der Waals surface area (Å²) in [7, 11) is -3.69. The number of para-hydroxylation sites is 2. The number of amides is 1. The number of alkyl halides is 3. The molecule has 4 bridgehead atoms. The normalized spacial score (nSPS) is 31.3. The first kappa shape index (κ1) is 24.5. The van der Waals surface area contributed by atoms with Crippen molar-refractivity contribution in [2.45, 2.75) is 67.8 Å². The van der Waals surface area contributed by atoms with E-state index in [1.54, 1.807) is 13.8 Å². The lowest BCUT2D eigenvalue weighted by atomic mass is 9.53. The van der Waals surface area contributed by atoms with Crippen LogP contribution in [-0.4, -0.2) is 36.2 Å². The fraction of sp³-hybridized carbons (Fsp3) is 0.667. The third kappa shape index (κ3) is 4.93. The van der Waals surface area contributed by atoms with Crippen LogP contribution in [0.2, 0.25) is 0 Å². The van der Waals surface area contributed by atoms with Crippen LogP contribution in [0.1, 0.15) is 46.0 Å². The zero-order chi connectivity index (χ0) is 24.2. The van der Waals surface area contributed by atoms with Gasteiger partial charge in [-0.15, -0.1) is 13.2 Å². The molecule has 4 aliphatic rings. The van der Waals surface area contributed by atoms with Gasteiger partial charge in [-0.25, -0.2) is 13.6 Å². The number of benzene rings is 1. The number of nitrogens with one attached hydrogen (secondary N) is 1. The number of carbonyl (C=O) groups excluding carboxylic acids is 1. The van der Waals surface area contributed by atoms with Crippen LogP contribution in [-0.2, 0) is 14.8 Å². The summed E-state index contributed by atoms with van der Waals surface area (Å²) in [4.78, 5) is 13.1. The van der Waals surface area contributed by atoms with Crippen molar-refractivity contribution in [3.63, 3.8) is 0 Å². The summed E-state index contributed by atoms with van der Waals surface area (Å²) in [5, 5.41) is 8.65. The van der Waals surface area contributed by atoms with Crippen molar-refractivity contribution >= 4 is 28.0 Å². The molecule has 0 radical (unpaired) electrons. The highest BCUT2D eigenvalue weighted by Crippen LogP contribution is 2.58. The van der Waals surface area contributed by atoms with E-state index in [2.05, 4.69) is 10.1 Å². The Morgan fingerprint density at radius 2 is 1.70 bits per heavy atom. The number of halogens is 3. The fourth-order valence-electron chi connectivity index (χ4n) is 5.77. The lowest BCUT2D eigenvalue weighted by Gasteiger charge is -2.59. The molecule has 4 fully saturated rings. The van der Waals surface area contributed by atoms with Crippen molar-refractivity contribution in [2.24, 2.45) is 22.9 Å². The van der Waals surface area contributed by atoms with E-state index in [-0.39, 0.29) is 29.5 Å². The van der Waals surface area contributed by atoms with E-state index in [4.69, 9.17) is 9.32 Å². The summed E-state index contributed by atoms with van der Waals surface area (Å²) in [5.41, 5.74) is 0. The molecule has 0 aliphatic heterocycles. The molecule has 0 aromatic heterocycles. The largest absolute Gasteiger partial charge is 0.573 e. The number of sulfonamides is 1. The minimum absolute atomic E-state index is 0.0288. The molecule has 4 saturated carbocycles. The number of nitrogens with two attached hydrogens (primary N) is 1. The Labute approximate surface area is 195 Å². The second-order valence-electron chi connectivity index (χ2n) is 9.87. The summed E-state index contributed by atoms with van der Waals surface area (Å²) in [5.74, 6) is -0.621. The third-order valence-electron chi connectivity index (χ3n) is 7.08. The average molecular weight is 509 g/mol. The van der Waals surface area contributed by atoms with Gasteiger partial charge in [0.25, 0.3) is 0 Å². The molecular formula is C21H27F3N2O5S2. The van der Waals surface area contributed by atoms with Gasteiger partial charge in [-0.05, 0) is 75.8 Å². The molecule has 0 saturated heterocycles. The lowest BCUT2D eigenvalue weighted by molar-refractivity contribution is -0.274. The molecular weight excluding hydrogens is 481 g/mol. The summed E-state index contributed by atoms with van der Waals surface area (Å²) >= 11 is 0.734. The van der Waals surface area contributed by atoms with E-state index in [1.165, 1.54) is 18.2 Å². The van der Waals surface area contributed by atoms with Crippen LogP contribution in [0.3, 0.4) is 0 Å². The van der Waals surface area contributed by atoms with Gasteiger partial charge in [0.2, 0.25) is 15.9 Å². The molecule has 1 aromatic carbocycles. The van der Waals surface area contributed by atoms with E-state index in [1.807, 2.05) is 0 Å². The number of rotatable bonds is 7. The molecule has 4 aliphatic carbocycles. The number of hydrogen-bond acceptors (Lipinski definition) is 6. The van der Waals surface area contributed by atoms with Crippen LogP contribution >= 0.6 is 12.0 Å². The van der Waals surface area contributed by atoms with E-state index in [0.29, 0.717) is 25.2 Å². The molecule has 3 N–H and O–H groups in total. The highest BCUT2D eigenvalue weighted by atomic mass is 32.2. The number of ether oxygens (including phenoxy) is 1. The summed E-state index contributed by atoms with van der Waals surface area (Å²) in [6.45, 7) is 3.23. The highest BCUT2D eigenvalue weighted by Gasteiger charge is 2.60. The molecule has 1 aromatic rings. The zero-order valence-corrected chi connectivity index (χ0v) is 19.9. The SMILES string of the molecule is CC(C)(SOc1ccccc1OC(F)(F)F)C(=O)NC1C2CC3CC1CC(S(N)(=O)=O)(C3)C2. The fourth-order valence-corrected chi connectivity index (χ4v) is 7.71. The van der Waals surface area contributed by atoms with Crippen LogP contribution in [0.5, 0.6) is 11.5 Å². The Hall–Kier alpha value is -1.66. The summed E-state index contributed by atoms with van der Waals surface area (Å²) < 4.78 is 69.9. The monoisotopic (exact) mass is 508 g/mol. The smallest absolute Gasteiger partial charge is 0.421 e. The Morgan fingerprint density at radius 1 is 1.12 bits per heavy atom. The van der Waals surface area contributed by atoms with Gasteiger partial charge in [0.1, 0.15) is 4.75 Å². The van der Waals surface area contributed by atoms with E-state index in [0.717, 1.165) is 31.0 Å². The first-order valence-corrected chi connectivity index (χ1v) is 13.0. The zero-order valence-electron chi connectivity index (χ0n) is 18.2. The van der Waals surface area contributed by atoms with Crippen molar-refractivity contribution in [3.05, 3.63) is 24.3 Å². The number of hydrogen-bond donors (Lipinski definition) is 2. The van der Waals surface area contributed by atoms with Crippen molar-refractivity contribution in [2.75, 3.05) is 0 Å². The van der Waals surface area contributed by atoms with Crippen LogP contribution in [0.25, 0.3) is 0 Å². The molecule has 2 unspecified atom stereocenters. The van der Waals surface area contributed by atoms with Crippen molar-refractivity contribution in [1.29, 1.82) is 0 Å². The second-order valence-corrected chi connectivity index (χ2v) is 13.2. The third-order valence-corrected chi connectivity index (χ3v) is 9.65. The molecule has 33 heavy (non-hydrogen) atoms. The van der Waals surface area contributed by atoms with Gasteiger partial charge in [-0.3, -0.25) is 4.79 Å². The Balaban J connectivity index is 1.41. The van der Waals surface area contributed by atoms with Gasteiger partial charge < -0.3 is 14.2 Å². The topological polar surface area (TPSA) is 108 Å². The van der Waals surface area contributed by atoms with E-state index in [9.17, 15) is 26.4 Å². The van der Waals surface area contributed by atoms with Gasteiger partial charge >= 0.3 is 6.36 Å². The maximum Gasteiger partial charge on any atom is 0.573 e. The standard InChI is InChI=1S/C21H27F3N2O5S2/c1-19(2,32-31-16-6-4-3-5-15(16)30-21(22,23)24)18(27)26-17-13-7-12-8-14(17)11-20(9-12,10-13)33(25,28)29/h3-6,12-14,17H,7-11H2,1-2H3,(H,26,27)(H2,25,28,29). The molecule has 12 heteroatoms. The predicted molar refractivity (Wildman–Crippen MR) is 117 cm³/mol. The van der Waals surface area contributed by atoms with Crippen LogP contribution in [0.4, 0.5) is 13.2 Å². The minimum Gasteiger partial charge on any atom is -0.421 e. The van der Waals surface area contributed by atoms with E-state index < -0.39 is 31.6 Å². The molecule has 184 valence electrons. The van der Waals surface area contributed by atoms with Gasteiger partial charge in [0.05, 0.1) is 16.8 Å². The summed E-state index contributed by atoms with van der Waals surface area (Å²) in [6.07, 6.45) is -1.69. The van der Waals surface area contributed by atoms with Gasteiger partial charge in [-0.2, -0.15) is 0 Å². The van der Waals surface area contributed by atoms with Crippen molar-refractivity contribution < 1.29 is 35.3 Å². The average Bonchev–Trinajstić information content (AvgIpc) is 2.67. The number of carbonyl (C=O) groups is 1. The molecule has 0 spiro atoms. The molecule has 1 amide bonds. The van der Waals surface area contributed by atoms with Crippen LogP contribution < -0.4 is 19.4 Å². The minimum atomic E-state index is -4.87. The van der Waals surface area contributed by atoms with E-state index >= 15 is 0 Å². The Bertz CT molecular complexity index is 1010. The Morgan fingerprint density at radius 3 is 2.24 bits per heavy atom. The molecule has 5 rings (SSSR count). The first-order valence-electron chi connectivity index (χ1n) is 10.7. The van der Waals surface area contributed by atoms with Gasteiger partial charge in [0, 0.05) is 6.04 Å². The molecule has 2 atom stereocenters. The van der Waals surface area contributed by atoms with Crippen LogP contribution in [0.15, 0.2) is 24.3 Å². The highest BCUT2D eigenvalue weighted by molar-refractivity contribution is 7.97. The predicted octanol–water partition coefficient (Wildman–Crippen LogP) is 3.74. The quantitative estimate of drug-likeness (QED) is 0.544. The summed E-state index contributed by atoms with van der Waals surface area (Å²) in [6, 6.07) is 5.18. The maximum atomic E-state index is 13.1. The van der Waals surface area contributed by atoms with Gasteiger partial charge in [-0.1, -0.05) is 12.1 Å². The number of primary sulfonamides is 1. The molecule has 7 nitrogen and oxygen atoms in total. The van der Waals surface area contributed by atoms with Crippen LogP contribution in [0, 0.1) is 17.8 Å². The van der Waals surface area contributed by atoms with Gasteiger partial charge in [0.15, 0.2) is 11.5 Å². The molecule has 0 heterocycles. The van der Waals surface area contributed by atoms with Crippen molar-refractivity contribution in [3.8, 4) is 11.5 Å². The van der Waals surface area contributed by atoms with Crippen molar-refractivity contribution in [1.82, 2.24) is 5.32 Å². The Kier molecular flexibility index (Phi) is 6.10.